The fourth-order valence-corrected chi connectivity index (χ4v) is 3.31. The van der Waals surface area contributed by atoms with Crippen molar-refractivity contribution in [2.75, 3.05) is 36.5 Å². The van der Waals surface area contributed by atoms with Gasteiger partial charge < -0.3 is 15.0 Å². The fraction of sp³-hybridized carbons (Fsp3) is 0.235. The van der Waals surface area contributed by atoms with E-state index >= 15 is 0 Å². The van der Waals surface area contributed by atoms with Crippen molar-refractivity contribution in [3.8, 4) is 0 Å². The summed E-state index contributed by atoms with van der Waals surface area (Å²) in [5.74, 6) is -0.119. The topological polar surface area (TPSA) is 41.6 Å². The van der Waals surface area contributed by atoms with Crippen molar-refractivity contribution < 1.29 is 9.53 Å². The normalized spacial score (nSPS) is 14.6. The van der Waals surface area contributed by atoms with Gasteiger partial charge in [-0.1, -0.05) is 23.7 Å². The van der Waals surface area contributed by atoms with E-state index in [0.717, 1.165) is 28.0 Å². The van der Waals surface area contributed by atoms with Crippen LogP contribution in [-0.4, -0.2) is 32.2 Å². The van der Waals surface area contributed by atoms with Crippen molar-refractivity contribution >= 4 is 51.5 Å². The molecule has 0 bridgehead atoms. The van der Waals surface area contributed by atoms with Crippen LogP contribution in [0.2, 0.25) is 5.02 Å². The van der Waals surface area contributed by atoms with Gasteiger partial charge in [-0.05, 0) is 52.9 Å². The number of amides is 1. The predicted molar refractivity (Wildman–Crippen MR) is 102 cm³/mol. The second kappa shape index (κ2) is 7.51. The summed E-state index contributed by atoms with van der Waals surface area (Å²) in [5, 5.41) is 3.66. The summed E-state index contributed by atoms with van der Waals surface area (Å²) in [4.78, 5) is 14.7. The van der Waals surface area contributed by atoms with E-state index in [1.165, 1.54) is 0 Å². The first-order valence-corrected chi connectivity index (χ1v) is 8.79. The molecule has 1 aliphatic heterocycles. The second-order valence-electron chi connectivity index (χ2n) is 5.19. The van der Waals surface area contributed by atoms with Gasteiger partial charge in [0.1, 0.15) is 0 Å². The lowest BCUT2D eigenvalue weighted by Crippen LogP contribution is -2.36. The zero-order valence-corrected chi connectivity index (χ0v) is 15.3. The smallest absolute Gasteiger partial charge is 0.256 e. The van der Waals surface area contributed by atoms with E-state index in [2.05, 4.69) is 32.8 Å². The minimum atomic E-state index is -0.119. The van der Waals surface area contributed by atoms with E-state index in [-0.39, 0.29) is 5.91 Å². The van der Waals surface area contributed by atoms with Gasteiger partial charge in [-0.25, -0.2) is 0 Å². The van der Waals surface area contributed by atoms with Gasteiger partial charge >= 0.3 is 0 Å². The Kier molecular flexibility index (Phi) is 5.40. The van der Waals surface area contributed by atoms with Crippen molar-refractivity contribution in [3.05, 3.63) is 56.6 Å². The molecule has 3 rings (SSSR count). The number of anilines is 2. The molecule has 23 heavy (non-hydrogen) atoms. The van der Waals surface area contributed by atoms with Crippen molar-refractivity contribution in [3.63, 3.8) is 0 Å². The van der Waals surface area contributed by atoms with E-state index in [9.17, 15) is 4.79 Å². The summed E-state index contributed by atoms with van der Waals surface area (Å²) in [6, 6.07) is 13.0. The summed E-state index contributed by atoms with van der Waals surface area (Å²) >= 11 is 8.31. The number of morpholine rings is 1. The van der Waals surface area contributed by atoms with Crippen molar-refractivity contribution in [2.45, 2.75) is 0 Å². The van der Waals surface area contributed by atoms with E-state index in [1.807, 2.05) is 36.4 Å². The molecule has 2 aromatic carbocycles. The first kappa shape index (κ1) is 16.5. The molecule has 0 spiro atoms. The largest absolute Gasteiger partial charge is 0.378 e. The van der Waals surface area contributed by atoms with E-state index < -0.39 is 0 Å². The van der Waals surface area contributed by atoms with Gasteiger partial charge in [-0.3, -0.25) is 4.79 Å². The molecule has 1 heterocycles. The third-order valence-corrected chi connectivity index (χ3v) is 4.85. The van der Waals surface area contributed by atoms with Crippen molar-refractivity contribution in [1.29, 1.82) is 0 Å². The molecule has 0 atom stereocenters. The molecular formula is C17H16ClIN2O2. The van der Waals surface area contributed by atoms with Gasteiger partial charge in [0, 0.05) is 21.7 Å². The highest BCUT2D eigenvalue weighted by molar-refractivity contribution is 14.1. The number of hydrogen-bond acceptors (Lipinski definition) is 3. The number of carbonyl (C=O) groups excluding carboxylic acids is 1. The number of nitrogens with zero attached hydrogens (tertiary/aromatic N) is 1. The number of ether oxygens (including phenoxy) is 1. The Labute approximate surface area is 153 Å². The molecule has 1 N–H and O–H groups in total. The lowest BCUT2D eigenvalue weighted by molar-refractivity contribution is 0.102. The average molecular weight is 443 g/mol. The van der Waals surface area contributed by atoms with Crippen LogP contribution in [0.1, 0.15) is 10.4 Å². The van der Waals surface area contributed by atoms with E-state index in [4.69, 9.17) is 16.3 Å². The average Bonchev–Trinajstić information content (AvgIpc) is 2.57. The van der Waals surface area contributed by atoms with Crippen LogP contribution in [0.5, 0.6) is 0 Å². The summed E-state index contributed by atoms with van der Waals surface area (Å²) in [7, 11) is 0. The highest BCUT2D eigenvalue weighted by Gasteiger charge is 2.18. The molecule has 1 amide bonds. The second-order valence-corrected chi connectivity index (χ2v) is 6.79. The molecule has 0 saturated carbocycles. The van der Waals surface area contributed by atoms with Gasteiger partial charge in [0.2, 0.25) is 0 Å². The van der Waals surface area contributed by atoms with Gasteiger partial charge in [0.25, 0.3) is 5.91 Å². The Morgan fingerprint density at radius 2 is 1.91 bits per heavy atom. The van der Waals surface area contributed by atoms with Gasteiger partial charge in [-0.2, -0.15) is 0 Å². The highest BCUT2D eigenvalue weighted by Crippen LogP contribution is 2.30. The number of nitrogens with one attached hydrogen (secondary N) is 1. The summed E-state index contributed by atoms with van der Waals surface area (Å²) in [6.45, 7) is 2.92. The number of halogens is 2. The number of hydrogen-bond donors (Lipinski definition) is 1. The van der Waals surface area contributed by atoms with Crippen LogP contribution in [0.3, 0.4) is 0 Å². The zero-order chi connectivity index (χ0) is 16.2. The van der Waals surface area contributed by atoms with Crippen molar-refractivity contribution in [2.24, 2.45) is 0 Å². The SMILES string of the molecule is O=C(Nc1ccc(Cl)cc1N1CCOCC1)c1ccccc1I. The number of rotatable bonds is 3. The fourth-order valence-electron chi connectivity index (χ4n) is 2.51. The minimum absolute atomic E-state index is 0.119. The molecule has 1 aliphatic rings. The first-order chi connectivity index (χ1) is 11.1. The summed E-state index contributed by atoms with van der Waals surface area (Å²) in [5.41, 5.74) is 2.36. The lowest BCUT2D eigenvalue weighted by Gasteiger charge is -2.30. The molecule has 0 aromatic heterocycles. The van der Waals surface area contributed by atoms with Crippen LogP contribution in [-0.2, 0) is 4.74 Å². The van der Waals surface area contributed by atoms with Crippen molar-refractivity contribution in [1.82, 2.24) is 0 Å². The van der Waals surface area contributed by atoms with Crippen LogP contribution in [0.25, 0.3) is 0 Å². The van der Waals surface area contributed by atoms with Crippen LogP contribution >= 0.6 is 34.2 Å². The quantitative estimate of drug-likeness (QED) is 0.730. The first-order valence-electron chi connectivity index (χ1n) is 7.33. The molecule has 4 nitrogen and oxygen atoms in total. The van der Waals surface area contributed by atoms with Crippen LogP contribution in [0.4, 0.5) is 11.4 Å². The Morgan fingerprint density at radius 1 is 1.17 bits per heavy atom. The number of carbonyl (C=O) groups is 1. The lowest BCUT2D eigenvalue weighted by atomic mass is 10.2. The maximum Gasteiger partial charge on any atom is 0.256 e. The molecule has 6 heteroatoms. The maximum atomic E-state index is 12.6. The van der Waals surface area contributed by atoms with Gasteiger partial charge in [0.15, 0.2) is 0 Å². The van der Waals surface area contributed by atoms with Crippen LogP contribution in [0, 0.1) is 3.57 Å². The third kappa shape index (κ3) is 3.97. The molecule has 0 aliphatic carbocycles. The molecule has 0 radical (unpaired) electrons. The van der Waals surface area contributed by atoms with Gasteiger partial charge in [0.05, 0.1) is 30.2 Å². The summed E-state index contributed by atoms with van der Waals surface area (Å²) in [6.07, 6.45) is 0. The molecule has 1 saturated heterocycles. The molecule has 0 unspecified atom stereocenters. The Morgan fingerprint density at radius 3 is 2.65 bits per heavy atom. The van der Waals surface area contributed by atoms with Crippen LogP contribution in [0.15, 0.2) is 42.5 Å². The van der Waals surface area contributed by atoms with E-state index in [1.54, 1.807) is 6.07 Å². The highest BCUT2D eigenvalue weighted by atomic mass is 127. The number of benzene rings is 2. The molecule has 120 valence electrons. The monoisotopic (exact) mass is 442 g/mol. The summed E-state index contributed by atoms with van der Waals surface area (Å²) < 4.78 is 6.32. The maximum absolute atomic E-state index is 12.6. The van der Waals surface area contributed by atoms with Crippen LogP contribution < -0.4 is 10.2 Å². The molecule has 2 aromatic rings. The standard InChI is InChI=1S/C17H16ClIN2O2/c18-12-5-6-15(16(11-12)21-7-9-23-10-8-21)20-17(22)13-3-1-2-4-14(13)19/h1-6,11H,7-10H2,(H,20,22). The Balaban J connectivity index is 1.87. The molecule has 1 fully saturated rings. The Bertz CT molecular complexity index is 717. The Hall–Kier alpha value is -1.31. The van der Waals surface area contributed by atoms with E-state index in [0.29, 0.717) is 23.8 Å². The third-order valence-electron chi connectivity index (χ3n) is 3.68. The zero-order valence-electron chi connectivity index (χ0n) is 12.4. The predicted octanol–water partition coefficient (Wildman–Crippen LogP) is 4.03. The molecular weight excluding hydrogens is 427 g/mol. The minimum Gasteiger partial charge on any atom is -0.378 e. The van der Waals surface area contributed by atoms with Gasteiger partial charge in [-0.15, -0.1) is 0 Å².